The lowest BCUT2D eigenvalue weighted by Gasteiger charge is -2.41. The predicted molar refractivity (Wildman–Crippen MR) is 76.4 cm³/mol. The molecule has 1 nitrogen and oxygen atoms in total. The molecule has 0 spiro atoms. The van der Waals surface area contributed by atoms with Gasteiger partial charge in [-0.1, -0.05) is 38.5 Å². The topological polar surface area (TPSA) is 17.1 Å². The second-order valence-electron chi connectivity index (χ2n) is 6.46. The van der Waals surface area contributed by atoms with Crippen LogP contribution in [0.2, 0.25) is 0 Å². The molecule has 0 radical (unpaired) electrons. The molecule has 1 saturated carbocycles. The SMILES string of the molecule is C=C(CC)C1CCCC2=CC(=O)C[C@@H](C)[C@]2(C)C1. The number of ketones is 1. The molecule has 0 aromatic heterocycles. The molecular formula is C17H26O. The average Bonchev–Trinajstić information content (AvgIpc) is 2.49. The summed E-state index contributed by atoms with van der Waals surface area (Å²) in [4.78, 5) is 11.8. The summed E-state index contributed by atoms with van der Waals surface area (Å²) in [6.07, 6.45) is 8.54. The van der Waals surface area contributed by atoms with Crippen LogP contribution in [-0.4, -0.2) is 5.78 Å². The number of fused-ring (bicyclic) bond motifs is 1. The summed E-state index contributed by atoms with van der Waals surface area (Å²) in [7, 11) is 0. The van der Waals surface area contributed by atoms with Crippen molar-refractivity contribution in [2.45, 2.75) is 59.3 Å². The zero-order chi connectivity index (χ0) is 13.3. The Kier molecular flexibility index (Phi) is 3.79. The van der Waals surface area contributed by atoms with Crippen LogP contribution >= 0.6 is 0 Å². The summed E-state index contributed by atoms with van der Waals surface area (Å²) in [5.74, 6) is 1.47. The minimum absolute atomic E-state index is 0.229. The molecule has 0 N–H and O–H groups in total. The van der Waals surface area contributed by atoms with Crippen molar-refractivity contribution < 1.29 is 4.79 Å². The normalized spacial score (nSPS) is 36.6. The van der Waals surface area contributed by atoms with Crippen LogP contribution in [0.25, 0.3) is 0 Å². The van der Waals surface area contributed by atoms with E-state index in [2.05, 4.69) is 27.4 Å². The van der Waals surface area contributed by atoms with E-state index < -0.39 is 0 Å². The molecule has 0 saturated heterocycles. The Morgan fingerprint density at radius 3 is 2.94 bits per heavy atom. The first kappa shape index (κ1) is 13.6. The first-order valence-electron chi connectivity index (χ1n) is 7.39. The second kappa shape index (κ2) is 5.03. The minimum atomic E-state index is 0.229. The third kappa shape index (κ3) is 2.32. The summed E-state index contributed by atoms with van der Waals surface area (Å²) < 4.78 is 0. The molecule has 0 aromatic rings. The van der Waals surface area contributed by atoms with Gasteiger partial charge in [-0.25, -0.2) is 0 Å². The van der Waals surface area contributed by atoms with Gasteiger partial charge in [0, 0.05) is 6.42 Å². The molecule has 0 amide bonds. The third-order valence-electron chi connectivity index (χ3n) is 5.36. The van der Waals surface area contributed by atoms with Gasteiger partial charge in [-0.2, -0.15) is 0 Å². The van der Waals surface area contributed by atoms with Crippen LogP contribution in [0, 0.1) is 17.3 Å². The monoisotopic (exact) mass is 246 g/mol. The van der Waals surface area contributed by atoms with Crippen LogP contribution in [0.1, 0.15) is 59.3 Å². The Morgan fingerprint density at radius 1 is 1.56 bits per heavy atom. The van der Waals surface area contributed by atoms with Crippen molar-refractivity contribution in [3.8, 4) is 0 Å². The number of hydrogen-bond donors (Lipinski definition) is 0. The van der Waals surface area contributed by atoms with Gasteiger partial charge in [-0.15, -0.1) is 0 Å². The molecule has 3 atom stereocenters. The number of carbonyl (C=O) groups is 1. The maximum absolute atomic E-state index is 11.8. The van der Waals surface area contributed by atoms with Crippen molar-refractivity contribution in [2.75, 3.05) is 0 Å². The molecule has 1 fully saturated rings. The van der Waals surface area contributed by atoms with Crippen LogP contribution in [0.15, 0.2) is 23.8 Å². The van der Waals surface area contributed by atoms with Crippen LogP contribution in [-0.2, 0) is 4.79 Å². The van der Waals surface area contributed by atoms with Gasteiger partial charge in [0.25, 0.3) is 0 Å². The van der Waals surface area contributed by atoms with Crippen molar-refractivity contribution in [1.82, 2.24) is 0 Å². The predicted octanol–water partition coefficient (Wildman–Crippen LogP) is 4.68. The Bertz CT molecular complexity index is 390. The van der Waals surface area contributed by atoms with Crippen molar-refractivity contribution in [3.63, 3.8) is 0 Å². The van der Waals surface area contributed by atoms with Gasteiger partial charge in [-0.05, 0) is 55.4 Å². The van der Waals surface area contributed by atoms with Crippen LogP contribution < -0.4 is 0 Å². The molecule has 18 heavy (non-hydrogen) atoms. The summed E-state index contributed by atoms with van der Waals surface area (Å²) >= 11 is 0. The number of hydrogen-bond acceptors (Lipinski definition) is 1. The molecule has 1 heteroatoms. The van der Waals surface area contributed by atoms with E-state index in [1.54, 1.807) is 0 Å². The fourth-order valence-corrected chi connectivity index (χ4v) is 3.74. The molecule has 2 aliphatic rings. The molecule has 2 rings (SSSR count). The van der Waals surface area contributed by atoms with E-state index in [-0.39, 0.29) is 5.41 Å². The van der Waals surface area contributed by atoms with E-state index in [9.17, 15) is 4.79 Å². The van der Waals surface area contributed by atoms with E-state index in [0.29, 0.717) is 17.6 Å². The van der Waals surface area contributed by atoms with Gasteiger partial charge in [0.2, 0.25) is 0 Å². The molecule has 100 valence electrons. The largest absolute Gasteiger partial charge is 0.295 e. The molecule has 2 aliphatic carbocycles. The minimum Gasteiger partial charge on any atom is -0.295 e. The van der Waals surface area contributed by atoms with Gasteiger partial charge in [-0.3, -0.25) is 4.79 Å². The van der Waals surface area contributed by atoms with Gasteiger partial charge < -0.3 is 0 Å². The Labute approximate surface area is 111 Å². The number of carbonyl (C=O) groups excluding carboxylic acids is 1. The fourth-order valence-electron chi connectivity index (χ4n) is 3.74. The lowest BCUT2D eigenvalue weighted by atomic mass is 9.62. The molecule has 1 unspecified atom stereocenters. The van der Waals surface area contributed by atoms with Crippen molar-refractivity contribution in [3.05, 3.63) is 23.8 Å². The molecule has 0 heterocycles. The van der Waals surface area contributed by atoms with Crippen molar-refractivity contribution in [1.29, 1.82) is 0 Å². The third-order valence-corrected chi connectivity index (χ3v) is 5.36. The smallest absolute Gasteiger partial charge is 0.155 e. The lowest BCUT2D eigenvalue weighted by Crippen LogP contribution is -2.34. The van der Waals surface area contributed by atoms with Gasteiger partial charge in [0.05, 0.1) is 0 Å². The van der Waals surface area contributed by atoms with E-state index in [4.69, 9.17) is 0 Å². The average molecular weight is 246 g/mol. The zero-order valence-corrected chi connectivity index (χ0v) is 12.1. The highest BCUT2D eigenvalue weighted by Gasteiger charge is 2.42. The van der Waals surface area contributed by atoms with Crippen molar-refractivity contribution in [2.24, 2.45) is 17.3 Å². The maximum atomic E-state index is 11.8. The first-order valence-corrected chi connectivity index (χ1v) is 7.39. The van der Waals surface area contributed by atoms with Gasteiger partial charge in [0.1, 0.15) is 0 Å². The first-order chi connectivity index (χ1) is 8.47. The van der Waals surface area contributed by atoms with Gasteiger partial charge in [0.15, 0.2) is 5.78 Å². The van der Waals surface area contributed by atoms with E-state index >= 15 is 0 Å². The standard InChI is InChI=1S/C17H26O/c1-5-12(2)14-7-6-8-15-10-16(18)9-13(3)17(15,4)11-14/h10,13-14H,2,5-9,11H2,1,3-4H3/t13-,14?,17+/m1/s1. The van der Waals surface area contributed by atoms with Gasteiger partial charge >= 0.3 is 0 Å². The highest BCUT2D eigenvalue weighted by molar-refractivity contribution is 5.91. The Hall–Kier alpha value is -0.850. The summed E-state index contributed by atoms with van der Waals surface area (Å²) in [6, 6.07) is 0. The van der Waals surface area contributed by atoms with Crippen LogP contribution in [0.3, 0.4) is 0 Å². The van der Waals surface area contributed by atoms with Crippen molar-refractivity contribution >= 4 is 5.78 Å². The Balaban J connectivity index is 2.30. The van der Waals surface area contributed by atoms with E-state index in [0.717, 1.165) is 19.3 Å². The highest BCUT2D eigenvalue weighted by atomic mass is 16.1. The Morgan fingerprint density at radius 2 is 2.28 bits per heavy atom. The maximum Gasteiger partial charge on any atom is 0.155 e. The molecule has 0 aliphatic heterocycles. The highest BCUT2D eigenvalue weighted by Crippen LogP contribution is 2.51. The summed E-state index contributed by atoms with van der Waals surface area (Å²) in [6.45, 7) is 11.1. The number of allylic oxidation sites excluding steroid dienone is 3. The fraction of sp³-hybridized carbons (Fsp3) is 0.706. The van der Waals surface area contributed by atoms with Crippen LogP contribution in [0.4, 0.5) is 0 Å². The van der Waals surface area contributed by atoms with E-state index in [1.165, 1.54) is 30.4 Å². The molecular weight excluding hydrogens is 220 g/mol. The van der Waals surface area contributed by atoms with E-state index in [1.807, 2.05) is 6.08 Å². The summed E-state index contributed by atoms with van der Waals surface area (Å²) in [5.41, 5.74) is 3.05. The lowest BCUT2D eigenvalue weighted by molar-refractivity contribution is -0.117. The van der Waals surface area contributed by atoms with Crippen LogP contribution in [0.5, 0.6) is 0 Å². The number of rotatable bonds is 2. The second-order valence-corrected chi connectivity index (χ2v) is 6.46. The quantitative estimate of drug-likeness (QED) is 0.646. The molecule has 0 aromatic carbocycles. The summed E-state index contributed by atoms with van der Waals surface area (Å²) in [5, 5.41) is 0. The molecule has 0 bridgehead atoms. The zero-order valence-electron chi connectivity index (χ0n) is 12.1.